The summed E-state index contributed by atoms with van der Waals surface area (Å²) in [7, 11) is 0. The summed E-state index contributed by atoms with van der Waals surface area (Å²) in [6.45, 7) is 4.07. The Morgan fingerprint density at radius 1 is 1.14 bits per heavy atom. The maximum Gasteiger partial charge on any atom is 0.310 e. The van der Waals surface area contributed by atoms with Crippen LogP contribution in [0.15, 0.2) is 0 Å². The van der Waals surface area contributed by atoms with Crippen LogP contribution in [0.5, 0.6) is 0 Å². The van der Waals surface area contributed by atoms with Crippen molar-refractivity contribution in [2.24, 2.45) is 23.7 Å². The predicted molar refractivity (Wildman–Crippen MR) is 100 cm³/mol. The van der Waals surface area contributed by atoms with E-state index in [0.717, 1.165) is 44.9 Å². The minimum Gasteiger partial charge on any atom is -0.459 e. The minimum atomic E-state index is -0.533. The monoisotopic (exact) mass is 392 g/mol. The topological polar surface area (TPSA) is 78.9 Å². The molecule has 3 aliphatic carbocycles. The van der Waals surface area contributed by atoms with Crippen LogP contribution in [-0.2, 0) is 28.6 Å². The smallest absolute Gasteiger partial charge is 0.310 e. The Morgan fingerprint density at radius 3 is 2.57 bits per heavy atom. The van der Waals surface area contributed by atoms with Crippen LogP contribution in [0.2, 0.25) is 0 Å². The van der Waals surface area contributed by atoms with Crippen molar-refractivity contribution in [3.8, 4) is 0 Å². The lowest BCUT2D eigenvalue weighted by Crippen LogP contribution is -2.45. The van der Waals surface area contributed by atoms with Crippen LogP contribution in [0.1, 0.15) is 78.1 Å². The molecule has 1 heterocycles. The van der Waals surface area contributed by atoms with Crippen LogP contribution in [0.4, 0.5) is 0 Å². The number of rotatable bonds is 8. The number of unbranched alkanes of at least 4 members (excludes halogenated alkanes) is 1. The highest BCUT2D eigenvalue weighted by Crippen LogP contribution is 2.59. The van der Waals surface area contributed by atoms with Gasteiger partial charge < -0.3 is 14.2 Å². The molecule has 2 bridgehead atoms. The maximum absolute atomic E-state index is 13.3. The van der Waals surface area contributed by atoms with Gasteiger partial charge in [0, 0.05) is 18.3 Å². The fourth-order valence-electron chi connectivity index (χ4n) is 6.09. The van der Waals surface area contributed by atoms with E-state index >= 15 is 0 Å². The van der Waals surface area contributed by atoms with Gasteiger partial charge in [-0.2, -0.15) is 0 Å². The molecule has 0 N–H and O–H groups in total. The quantitative estimate of drug-likeness (QED) is 0.464. The second-order valence-electron chi connectivity index (χ2n) is 9.14. The molecule has 3 saturated carbocycles. The van der Waals surface area contributed by atoms with Crippen LogP contribution in [0.3, 0.4) is 0 Å². The first kappa shape index (κ1) is 19.7. The highest BCUT2D eigenvalue weighted by molar-refractivity contribution is 5.86. The highest BCUT2D eigenvalue weighted by Gasteiger charge is 2.70. The lowest BCUT2D eigenvalue weighted by molar-refractivity contribution is -0.175. The molecule has 0 aromatic rings. The normalized spacial score (nSPS) is 37.1. The molecule has 0 radical (unpaired) electrons. The molecule has 4 fully saturated rings. The Balaban J connectivity index is 1.51. The molecule has 0 aromatic heterocycles. The minimum absolute atomic E-state index is 0.0235. The average molecular weight is 392 g/mol. The van der Waals surface area contributed by atoms with Gasteiger partial charge in [-0.1, -0.05) is 20.3 Å². The van der Waals surface area contributed by atoms with E-state index in [1.165, 1.54) is 0 Å². The van der Waals surface area contributed by atoms with Crippen molar-refractivity contribution in [1.29, 1.82) is 0 Å². The Labute approximate surface area is 166 Å². The van der Waals surface area contributed by atoms with Crippen LogP contribution in [0.25, 0.3) is 0 Å². The van der Waals surface area contributed by atoms with Crippen LogP contribution in [-0.4, -0.2) is 35.7 Å². The van der Waals surface area contributed by atoms with Gasteiger partial charge in [0.2, 0.25) is 0 Å². The largest absolute Gasteiger partial charge is 0.459 e. The first-order valence-electron chi connectivity index (χ1n) is 11.1. The van der Waals surface area contributed by atoms with Crippen molar-refractivity contribution in [3.05, 3.63) is 0 Å². The summed E-state index contributed by atoms with van der Waals surface area (Å²) in [6, 6.07) is 0. The van der Waals surface area contributed by atoms with Crippen molar-refractivity contribution in [2.45, 2.75) is 95.9 Å². The molecule has 6 unspecified atom stereocenters. The number of hydrogen-bond donors (Lipinski definition) is 0. The zero-order chi connectivity index (χ0) is 19.9. The Bertz CT molecular complexity index is 637. The summed E-state index contributed by atoms with van der Waals surface area (Å²) in [4.78, 5) is 37.8. The molecule has 1 saturated heterocycles. The van der Waals surface area contributed by atoms with Crippen LogP contribution in [0, 0.1) is 23.7 Å². The van der Waals surface area contributed by atoms with Crippen LogP contribution >= 0.6 is 0 Å². The zero-order valence-corrected chi connectivity index (χ0v) is 17.0. The van der Waals surface area contributed by atoms with E-state index < -0.39 is 17.9 Å². The first-order chi connectivity index (χ1) is 13.5. The van der Waals surface area contributed by atoms with Crippen molar-refractivity contribution in [1.82, 2.24) is 0 Å². The molecule has 156 valence electrons. The SMILES string of the molecule is CCCCC1(OC(=O)C2C3CC4C(OC(=O)C42)C3OC(=O)CCC)CCCC1. The number of esters is 3. The fraction of sp³-hybridized carbons (Fsp3) is 0.864. The van der Waals surface area contributed by atoms with Crippen molar-refractivity contribution in [3.63, 3.8) is 0 Å². The van der Waals surface area contributed by atoms with Gasteiger partial charge in [-0.05, 0) is 51.4 Å². The first-order valence-corrected chi connectivity index (χ1v) is 11.1. The molecule has 6 heteroatoms. The molecule has 0 aromatic carbocycles. The Kier molecular flexibility index (Phi) is 5.41. The molecule has 6 atom stereocenters. The molecular weight excluding hydrogens is 360 g/mol. The molecule has 0 spiro atoms. The maximum atomic E-state index is 13.3. The number of carbonyl (C=O) groups excluding carboxylic acids is 3. The molecule has 0 amide bonds. The van der Waals surface area contributed by atoms with E-state index in [0.29, 0.717) is 19.3 Å². The highest BCUT2D eigenvalue weighted by atomic mass is 16.6. The predicted octanol–water partition coefficient (Wildman–Crippen LogP) is 3.55. The number of ether oxygens (including phenoxy) is 3. The van der Waals surface area contributed by atoms with Crippen molar-refractivity contribution < 1.29 is 28.6 Å². The summed E-state index contributed by atoms with van der Waals surface area (Å²) in [6.07, 6.45) is 7.84. The molecule has 1 aliphatic heterocycles. The summed E-state index contributed by atoms with van der Waals surface area (Å²) >= 11 is 0. The van der Waals surface area contributed by atoms with Gasteiger partial charge in [-0.15, -0.1) is 0 Å². The van der Waals surface area contributed by atoms with Crippen LogP contribution < -0.4 is 0 Å². The molecule has 4 aliphatic rings. The molecule has 4 rings (SSSR count). The number of hydrogen-bond acceptors (Lipinski definition) is 6. The van der Waals surface area contributed by atoms with E-state index in [1.807, 2.05) is 6.92 Å². The summed E-state index contributed by atoms with van der Waals surface area (Å²) in [5.74, 6) is -2.01. The van der Waals surface area contributed by atoms with Gasteiger partial charge in [0.1, 0.15) is 17.8 Å². The molecular formula is C22H32O6. The Morgan fingerprint density at radius 2 is 1.89 bits per heavy atom. The lowest BCUT2D eigenvalue weighted by atomic mass is 9.78. The van der Waals surface area contributed by atoms with E-state index in [1.54, 1.807) is 0 Å². The lowest BCUT2D eigenvalue weighted by Gasteiger charge is -2.34. The second-order valence-corrected chi connectivity index (χ2v) is 9.14. The summed E-state index contributed by atoms with van der Waals surface area (Å²) < 4.78 is 17.4. The van der Waals surface area contributed by atoms with Gasteiger partial charge in [-0.25, -0.2) is 0 Å². The Hall–Kier alpha value is -1.59. The molecule has 28 heavy (non-hydrogen) atoms. The van der Waals surface area contributed by atoms with E-state index in [-0.39, 0.29) is 41.4 Å². The summed E-state index contributed by atoms with van der Waals surface area (Å²) in [5.41, 5.74) is -0.370. The number of fused-ring (bicyclic) bond motifs is 1. The number of carbonyl (C=O) groups is 3. The van der Waals surface area contributed by atoms with Crippen molar-refractivity contribution in [2.75, 3.05) is 0 Å². The van der Waals surface area contributed by atoms with Gasteiger partial charge in [0.05, 0.1) is 11.8 Å². The third-order valence-electron chi connectivity index (χ3n) is 7.36. The van der Waals surface area contributed by atoms with E-state index in [4.69, 9.17) is 14.2 Å². The van der Waals surface area contributed by atoms with Gasteiger partial charge in [-0.3, -0.25) is 14.4 Å². The second kappa shape index (κ2) is 7.68. The van der Waals surface area contributed by atoms with Gasteiger partial charge in [0.15, 0.2) is 0 Å². The van der Waals surface area contributed by atoms with E-state index in [2.05, 4.69) is 6.92 Å². The fourth-order valence-corrected chi connectivity index (χ4v) is 6.09. The zero-order valence-electron chi connectivity index (χ0n) is 17.0. The van der Waals surface area contributed by atoms with Gasteiger partial charge in [0.25, 0.3) is 0 Å². The van der Waals surface area contributed by atoms with E-state index in [9.17, 15) is 14.4 Å². The summed E-state index contributed by atoms with van der Waals surface area (Å²) in [5, 5.41) is 0. The third-order valence-corrected chi connectivity index (χ3v) is 7.36. The van der Waals surface area contributed by atoms with Gasteiger partial charge >= 0.3 is 17.9 Å². The molecule has 6 nitrogen and oxygen atoms in total. The standard InChI is InChI=1S/C22H32O6/c1-3-5-9-22(10-6-7-11-22)28-21(25)17-14-12-13-16(17)20(24)27-19(13)18(14)26-15(23)8-4-2/h13-14,16-19H,3-12H2,1-2H3. The average Bonchev–Trinajstić information content (AvgIpc) is 3.38. The van der Waals surface area contributed by atoms with Crippen molar-refractivity contribution >= 4 is 17.9 Å². The third kappa shape index (κ3) is 3.22.